The maximum atomic E-state index is 12.7. The van der Waals surface area contributed by atoms with Crippen molar-refractivity contribution >= 4 is 5.91 Å². The summed E-state index contributed by atoms with van der Waals surface area (Å²) in [7, 11) is 0. The van der Waals surface area contributed by atoms with Crippen molar-refractivity contribution in [3.05, 3.63) is 35.4 Å². The van der Waals surface area contributed by atoms with Gasteiger partial charge in [0.25, 0.3) is 0 Å². The number of benzene rings is 1. The molecule has 2 unspecified atom stereocenters. The minimum absolute atomic E-state index is 0.00740. The van der Waals surface area contributed by atoms with Crippen molar-refractivity contribution in [2.24, 2.45) is 5.92 Å². The van der Waals surface area contributed by atoms with Crippen LogP contribution in [0.25, 0.3) is 0 Å². The number of amides is 1. The van der Waals surface area contributed by atoms with Gasteiger partial charge in [-0.05, 0) is 36.8 Å². The molecule has 1 heterocycles. The summed E-state index contributed by atoms with van der Waals surface area (Å²) < 4.78 is 5.72. The fourth-order valence-electron chi connectivity index (χ4n) is 3.25. The van der Waals surface area contributed by atoms with Gasteiger partial charge in [-0.2, -0.15) is 0 Å². The molecule has 128 valence electrons. The number of carbonyl (C=O) groups is 1. The number of nitrogens with zero attached hydrogens (tertiary/aromatic N) is 1. The highest BCUT2D eigenvalue weighted by molar-refractivity contribution is 5.79. The van der Waals surface area contributed by atoms with Crippen molar-refractivity contribution in [3.63, 3.8) is 0 Å². The van der Waals surface area contributed by atoms with Gasteiger partial charge in [0.05, 0.1) is 12.2 Å². The quantitative estimate of drug-likeness (QED) is 0.848. The summed E-state index contributed by atoms with van der Waals surface area (Å²) in [4.78, 5) is 14.7. The minimum Gasteiger partial charge on any atom is -0.372 e. The number of morpholine rings is 1. The maximum absolute atomic E-state index is 12.7. The van der Waals surface area contributed by atoms with E-state index in [1.165, 1.54) is 11.1 Å². The zero-order valence-corrected chi connectivity index (χ0v) is 15.4. The second-order valence-electron chi connectivity index (χ2n) is 8.05. The Balaban J connectivity index is 1.98. The summed E-state index contributed by atoms with van der Waals surface area (Å²) in [5, 5.41) is 0. The summed E-state index contributed by atoms with van der Waals surface area (Å²) in [6.07, 6.45) is 1.05. The molecule has 3 nitrogen and oxygen atoms in total. The molecular weight excluding hydrogens is 286 g/mol. The lowest BCUT2D eigenvalue weighted by atomic mass is 9.86. The second-order valence-corrected chi connectivity index (χ2v) is 8.05. The summed E-state index contributed by atoms with van der Waals surface area (Å²) in [5.41, 5.74) is 2.73. The van der Waals surface area contributed by atoms with E-state index in [9.17, 15) is 4.79 Å². The smallest absolute Gasteiger partial charge is 0.225 e. The van der Waals surface area contributed by atoms with E-state index >= 15 is 0 Å². The highest BCUT2D eigenvalue weighted by atomic mass is 16.5. The SMILES string of the molecule is CC1CN(C(=O)C(C)Cc2ccc(C(C)(C)C)cc2)C[C@H](C)O1. The molecule has 0 aliphatic carbocycles. The first-order valence-electron chi connectivity index (χ1n) is 8.70. The molecule has 0 saturated carbocycles. The molecule has 3 atom stereocenters. The molecule has 1 aliphatic rings. The van der Waals surface area contributed by atoms with E-state index in [1.54, 1.807) is 0 Å². The molecule has 0 bridgehead atoms. The Bertz CT molecular complexity index is 520. The first-order valence-corrected chi connectivity index (χ1v) is 8.70. The van der Waals surface area contributed by atoms with Crippen LogP contribution in [0.15, 0.2) is 24.3 Å². The fourth-order valence-corrected chi connectivity index (χ4v) is 3.25. The largest absolute Gasteiger partial charge is 0.372 e. The van der Waals surface area contributed by atoms with Gasteiger partial charge in [-0.1, -0.05) is 52.0 Å². The van der Waals surface area contributed by atoms with Crippen LogP contribution >= 0.6 is 0 Å². The first-order chi connectivity index (χ1) is 10.7. The Morgan fingerprint density at radius 3 is 2.17 bits per heavy atom. The molecule has 0 spiro atoms. The third kappa shape index (κ3) is 4.81. The molecule has 2 rings (SSSR count). The standard InChI is InChI=1S/C20H31NO2/c1-14(19(22)21-12-15(2)23-16(3)13-21)11-17-7-9-18(10-8-17)20(4,5)6/h7-10,14-16H,11-13H2,1-6H3/t14?,15-,16?/m0/s1. The van der Waals surface area contributed by atoms with Crippen LogP contribution in [-0.2, 0) is 21.4 Å². The number of hydrogen-bond donors (Lipinski definition) is 0. The number of rotatable bonds is 3. The highest BCUT2D eigenvalue weighted by Gasteiger charge is 2.28. The van der Waals surface area contributed by atoms with Crippen molar-refractivity contribution in [2.45, 2.75) is 65.6 Å². The minimum atomic E-state index is 0.00740. The van der Waals surface area contributed by atoms with Gasteiger partial charge in [-0.15, -0.1) is 0 Å². The molecule has 1 aliphatic heterocycles. The molecule has 0 aromatic heterocycles. The molecule has 1 amide bonds. The van der Waals surface area contributed by atoms with E-state index in [0.717, 1.165) is 6.42 Å². The van der Waals surface area contributed by atoms with Gasteiger partial charge in [0.2, 0.25) is 5.91 Å². The first kappa shape index (κ1) is 18.0. The molecule has 1 fully saturated rings. The number of ether oxygens (including phenoxy) is 1. The van der Waals surface area contributed by atoms with Gasteiger partial charge in [0, 0.05) is 19.0 Å². The van der Waals surface area contributed by atoms with Crippen LogP contribution in [0.1, 0.15) is 52.7 Å². The van der Waals surface area contributed by atoms with E-state index in [4.69, 9.17) is 4.74 Å². The van der Waals surface area contributed by atoms with Crippen molar-refractivity contribution in [2.75, 3.05) is 13.1 Å². The summed E-state index contributed by atoms with van der Waals surface area (Å²) >= 11 is 0. The van der Waals surface area contributed by atoms with Gasteiger partial charge >= 0.3 is 0 Å². The van der Waals surface area contributed by atoms with Crippen LogP contribution in [0.4, 0.5) is 0 Å². The Morgan fingerprint density at radius 1 is 1.17 bits per heavy atom. The monoisotopic (exact) mass is 317 g/mol. The lowest BCUT2D eigenvalue weighted by Crippen LogP contribution is -2.50. The Labute approximate surface area is 141 Å². The third-order valence-corrected chi connectivity index (χ3v) is 4.51. The summed E-state index contributed by atoms with van der Waals surface area (Å²) in [5.74, 6) is 0.250. The van der Waals surface area contributed by atoms with Crippen LogP contribution < -0.4 is 0 Å². The van der Waals surface area contributed by atoms with Crippen LogP contribution in [0, 0.1) is 5.92 Å². The zero-order chi connectivity index (χ0) is 17.2. The molecular formula is C20H31NO2. The van der Waals surface area contributed by atoms with Gasteiger partial charge in [0.15, 0.2) is 0 Å². The van der Waals surface area contributed by atoms with Gasteiger partial charge in [0.1, 0.15) is 0 Å². The van der Waals surface area contributed by atoms with Crippen molar-refractivity contribution in [1.82, 2.24) is 4.90 Å². The van der Waals surface area contributed by atoms with Gasteiger partial charge < -0.3 is 9.64 Å². The van der Waals surface area contributed by atoms with E-state index in [2.05, 4.69) is 45.0 Å². The van der Waals surface area contributed by atoms with Crippen LogP contribution in [-0.4, -0.2) is 36.1 Å². The Kier molecular flexibility index (Phi) is 5.51. The number of hydrogen-bond acceptors (Lipinski definition) is 2. The predicted molar refractivity (Wildman–Crippen MR) is 94.6 cm³/mol. The van der Waals surface area contributed by atoms with E-state index < -0.39 is 0 Å². The average molecular weight is 317 g/mol. The number of carbonyl (C=O) groups excluding carboxylic acids is 1. The van der Waals surface area contributed by atoms with Crippen molar-refractivity contribution < 1.29 is 9.53 Å². The molecule has 3 heteroatoms. The van der Waals surface area contributed by atoms with E-state index in [-0.39, 0.29) is 29.4 Å². The lowest BCUT2D eigenvalue weighted by Gasteiger charge is -2.36. The normalized spacial score (nSPS) is 23.7. The molecule has 1 aromatic rings. The van der Waals surface area contributed by atoms with Crippen molar-refractivity contribution in [3.8, 4) is 0 Å². The topological polar surface area (TPSA) is 29.5 Å². The van der Waals surface area contributed by atoms with E-state index in [1.807, 2.05) is 25.7 Å². The predicted octanol–water partition coefficient (Wildman–Crippen LogP) is 3.80. The van der Waals surface area contributed by atoms with Gasteiger partial charge in [-0.3, -0.25) is 4.79 Å². The summed E-state index contributed by atoms with van der Waals surface area (Å²) in [6.45, 7) is 14.2. The molecule has 0 radical (unpaired) electrons. The summed E-state index contributed by atoms with van der Waals surface area (Å²) in [6, 6.07) is 8.70. The van der Waals surface area contributed by atoms with Crippen LogP contribution in [0.3, 0.4) is 0 Å². The van der Waals surface area contributed by atoms with Crippen molar-refractivity contribution in [1.29, 1.82) is 0 Å². The fraction of sp³-hybridized carbons (Fsp3) is 0.650. The van der Waals surface area contributed by atoms with Crippen LogP contribution in [0.5, 0.6) is 0 Å². The lowest BCUT2D eigenvalue weighted by molar-refractivity contribution is -0.146. The Morgan fingerprint density at radius 2 is 1.70 bits per heavy atom. The molecule has 0 N–H and O–H groups in total. The highest BCUT2D eigenvalue weighted by Crippen LogP contribution is 2.23. The van der Waals surface area contributed by atoms with E-state index in [0.29, 0.717) is 13.1 Å². The van der Waals surface area contributed by atoms with Crippen LogP contribution in [0.2, 0.25) is 0 Å². The van der Waals surface area contributed by atoms with Gasteiger partial charge in [-0.25, -0.2) is 0 Å². The Hall–Kier alpha value is -1.35. The molecule has 1 aromatic carbocycles. The molecule has 1 saturated heterocycles. The molecule has 23 heavy (non-hydrogen) atoms. The second kappa shape index (κ2) is 7.04. The third-order valence-electron chi connectivity index (χ3n) is 4.51. The zero-order valence-electron chi connectivity index (χ0n) is 15.4. The maximum Gasteiger partial charge on any atom is 0.225 e. The average Bonchev–Trinajstić information content (AvgIpc) is 2.45.